The Morgan fingerprint density at radius 3 is 1.56 bits per heavy atom. The number of ether oxygens (including phenoxy) is 3. The van der Waals surface area contributed by atoms with Crippen LogP contribution in [0.25, 0.3) is 0 Å². The number of unbranched alkanes of at least 4 members (excludes halogenated alkanes) is 8. The molecule has 8 nitrogen and oxygen atoms in total. The molecule has 0 aromatic carbocycles. The molecule has 52 heavy (non-hydrogen) atoms. The average Bonchev–Trinajstić information content (AvgIpc) is 3.09. The third-order valence-corrected chi connectivity index (χ3v) is 8.38. The van der Waals surface area contributed by atoms with E-state index >= 15 is 0 Å². The van der Waals surface area contributed by atoms with Gasteiger partial charge >= 0.3 is 17.9 Å². The van der Waals surface area contributed by atoms with Crippen molar-refractivity contribution in [3.63, 3.8) is 0 Å². The van der Waals surface area contributed by atoms with E-state index in [1.165, 1.54) is 38.5 Å². The zero-order chi connectivity index (χ0) is 38.5. The van der Waals surface area contributed by atoms with Crippen molar-refractivity contribution in [2.24, 2.45) is 0 Å². The Labute approximate surface area is 317 Å². The fraction of sp³-hybridized carbons (Fsp3) is 0.659. The third-order valence-electron chi connectivity index (χ3n) is 8.38. The number of carbonyl (C=O) groups excluding carboxylic acids is 2. The van der Waals surface area contributed by atoms with Crippen molar-refractivity contribution >= 4 is 17.9 Å². The summed E-state index contributed by atoms with van der Waals surface area (Å²) < 4.78 is 17.1. The van der Waals surface area contributed by atoms with Crippen LogP contribution in [0.2, 0.25) is 0 Å². The number of allylic oxidation sites excluding steroid dienone is 12. The summed E-state index contributed by atoms with van der Waals surface area (Å²) >= 11 is 0. The maximum atomic E-state index is 12.6. The molecule has 2 atom stereocenters. The van der Waals surface area contributed by atoms with Gasteiger partial charge in [0, 0.05) is 19.3 Å². The van der Waals surface area contributed by atoms with Crippen molar-refractivity contribution in [2.45, 2.75) is 148 Å². The molecule has 1 N–H and O–H groups in total. The number of likely N-dealkylation sites (N-methyl/N-ethyl adjacent to an activating group) is 1. The van der Waals surface area contributed by atoms with E-state index in [-0.39, 0.29) is 36.7 Å². The number of carbonyl (C=O) groups is 3. The summed E-state index contributed by atoms with van der Waals surface area (Å²) in [5.41, 5.74) is 0. The molecular weight excluding hydrogens is 654 g/mol. The topological polar surface area (TPSA) is 99.1 Å². The van der Waals surface area contributed by atoms with E-state index < -0.39 is 24.1 Å². The number of esters is 2. The Hall–Kier alpha value is -3.23. The Morgan fingerprint density at radius 1 is 0.596 bits per heavy atom. The van der Waals surface area contributed by atoms with Crippen molar-refractivity contribution < 1.29 is 38.2 Å². The molecule has 2 unspecified atom stereocenters. The van der Waals surface area contributed by atoms with Gasteiger partial charge < -0.3 is 23.8 Å². The van der Waals surface area contributed by atoms with Crippen molar-refractivity contribution in [2.75, 3.05) is 41.0 Å². The first kappa shape index (κ1) is 48.8. The second kappa shape index (κ2) is 34.8. The van der Waals surface area contributed by atoms with E-state index in [9.17, 15) is 19.5 Å². The standard InChI is InChI=1S/C44H73NO7/c1-6-8-10-12-14-16-17-18-19-20-21-22-23-24-25-27-29-31-33-35-43(47)52-40(38-50-37-36-41(44(48)49)45(3,4)5)39-51-42(46)34-32-30-28-26-15-13-11-9-7-2/h8,10,14,16,18-19,21-22,24-25,29,31,40-41H,6-7,9,11-13,15,17,20,23,26-28,30,32-39H2,1-5H3/p+1/b10-8-,16-14-,19-18-,22-21-,25-24-,31-29-. The largest absolute Gasteiger partial charge is 0.477 e. The lowest BCUT2D eigenvalue weighted by atomic mass is 10.1. The molecule has 0 saturated heterocycles. The first-order valence-corrected chi connectivity index (χ1v) is 20.0. The summed E-state index contributed by atoms with van der Waals surface area (Å²) in [6.07, 6.45) is 42.5. The Kier molecular flexibility index (Phi) is 32.7. The molecule has 0 aliphatic carbocycles. The van der Waals surface area contributed by atoms with Gasteiger partial charge in [0.05, 0.1) is 34.4 Å². The van der Waals surface area contributed by atoms with Gasteiger partial charge in [0.2, 0.25) is 0 Å². The summed E-state index contributed by atoms with van der Waals surface area (Å²) in [5, 5.41) is 9.58. The van der Waals surface area contributed by atoms with Gasteiger partial charge in [0.15, 0.2) is 12.1 Å². The van der Waals surface area contributed by atoms with Crippen LogP contribution in [0.15, 0.2) is 72.9 Å². The molecule has 0 aromatic rings. The lowest BCUT2D eigenvalue weighted by molar-refractivity contribution is -0.887. The first-order valence-electron chi connectivity index (χ1n) is 20.0. The van der Waals surface area contributed by atoms with Gasteiger partial charge in [-0.15, -0.1) is 0 Å². The van der Waals surface area contributed by atoms with Crippen LogP contribution in [0.4, 0.5) is 0 Å². The Balaban J connectivity index is 4.53. The van der Waals surface area contributed by atoms with Crippen LogP contribution < -0.4 is 0 Å². The van der Waals surface area contributed by atoms with Crippen LogP contribution in [-0.2, 0) is 28.6 Å². The lowest BCUT2D eigenvalue weighted by Gasteiger charge is -2.31. The van der Waals surface area contributed by atoms with Crippen LogP contribution in [0.5, 0.6) is 0 Å². The lowest BCUT2D eigenvalue weighted by Crippen LogP contribution is -2.50. The quantitative estimate of drug-likeness (QED) is 0.0305. The number of carboxylic acids is 1. The SMILES string of the molecule is CC/C=C\C/C=C\C/C=C\C/C=C\C/C=C\C/C=C\CCC(=O)OC(COCCC(C(=O)O)[N+](C)(C)C)COC(=O)CCCCCCCCCCC. The summed E-state index contributed by atoms with van der Waals surface area (Å²) in [6.45, 7) is 4.49. The molecule has 0 aliphatic rings. The maximum Gasteiger partial charge on any atom is 0.362 e. The van der Waals surface area contributed by atoms with E-state index in [1.807, 2.05) is 33.3 Å². The normalized spacial score (nSPS) is 13.8. The molecule has 0 radical (unpaired) electrons. The van der Waals surface area contributed by atoms with Crippen molar-refractivity contribution in [1.82, 2.24) is 0 Å². The number of nitrogens with zero attached hydrogens (tertiary/aromatic N) is 1. The second-order valence-corrected chi connectivity index (χ2v) is 14.2. The van der Waals surface area contributed by atoms with Crippen molar-refractivity contribution in [3.05, 3.63) is 72.9 Å². The fourth-order valence-corrected chi connectivity index (χ4v) is 5.29. The number of hydrogen-bond donors (Lipinski definition) is 1. The van der Waals surface area contributed by atoms with Crippen molar-refractivity contribution in [1.29, 1.82) is 0 Å². The minimum atomic E-state index is -0.890. The maximum absolute atomic E-state index is 12.6. The van der Waals surface area contributed by atoms with Gasteiger partial charge in [-0.1, -0.05) is 138 Å². The van der Waals surface area contributed by atoms with E-state index in [2.05, 4.69) is 74.6 Å². The highest BCUT2D eigenvalue weighted by atomic mass is 16.6. The summed E-state index contributed by atoms with van der Waals surface area (Å²) in [6, 6.07) is -0.628. The average molecular weight is 729 g/mol. The van der Waals surface area contributed by atoms with E-state index in [0.717, 1.165) is 57.8 Å². The highest BCUT2D eigenvalue weighted by Crippen LogP contribution is 2.12. The van der Waals surface area contributed by atoms with Gasteiger partial charge in [-0.3, -0.25) is 9.59 Å². The summed E-state index contributed by atoms with van der Waals surface area (Å²) in [7, 11) is 5.48. The fourth-order valence-electron chi connectivity index (χ4n) is 5.29. The van der Waals surface area contributed by atoms with Crippen LogP contribution in [0.3, 0.4) is 0 Å². The molecule has 0 rings (SSSR count). The highest BCUT2D eigenvalue weighted by molar-refractivity contribution is 5.72. The molecule has 0 saturated carbocycles. The summed E-state index contributed by atoms with van der Waals surface area (Å²) in [4.78, 5) is 36.7. The van der Waals surface area contributed by atoms with Gasteiger partial charge in [-0.05, 0) is 51.4 Å². The minimum Gasteiger partial charge on any atom is -0.477 e. The molecule has 296 valence electrons. The van der Waals surface area contributed by atoms with E-state index in [0.29, 0.717) is 19.3 Å². The predicted octanol–water partition coefficient (Wildman–Crippen LogP) is 10.4. The van der Waals surface area contributed by atoms with Gasteiger partial charge in [-0.25, -0.2) is 4.79 Å². The molecule has 0 amide bonds. The molecule has 0 heterocycles. The molecule has 8 heteroatoms. The number of aliphatic carboxylic acids is 1. The summed E-state index contributed by atoms with van der Waals surface area (Å²) in [5.74, 6) is -1.59. The third kappa shape index (κ3) is 32.7. The Bertz CT molecular complexity index is 1080. The smallest absolute Gasteiger partial charge is 0.362 e. The molecule has 0 aliphatic heterocycles. The van der Waals surface area contributed by atoms with Crippen LogP contribution in [-0.4, -0.2) is 80.6 Å². The number of quaternary nitrogens is 1. The highest BCUT2D eigenvalue weighted by Gasteiger charge is 2.31. The predicted molar refractivity (Wildman–Crippen MR) is 215 cm³/mol. The van der Waals surface area contributed by atoms with Crippen molar-refractivity contribution in [3.8, 4) is 0 Å². The number of carboxylic acid groups (broad SMARTS) is 1. The molecule has 0 spiro atoms. The van der Waals surface area contributed by atoms with Gasteiger partial charge in [0.25, 0.3) is 0 Å². The minimum absolute atomic E-state index is 0.0282. The zero-order valence-electron chi connectivity index (χ0n) is 33.5. The molecule has 0 fully saturated rings. The zero-order valence-corrected chi connectivity index (χ0v) is 33.5. The monoisotopic (exact) mass is 729 g/mol. The van der Waals surface area contributed by atoms with E-state index in [4.69, 9.17) is 14.2 Å². The molecule has 0 bridgehead atoms. The van der Waals surface area contributed by atoms with Crippen LogP contribution in [0, 0.1) is 0 Å². The van der Waals surface area contributed by atoms with Gasteiger partial charge in [-0.2, -0.15) is 0 Å². The molecule has 0 aromatic heterocycles. The number of hydrogen-bond acceptors (Lipinski definition) is 6. The first-order chi connectivity index (χ1) is 25.1. The van der Waals surface area contributed by atoms with Crippen LogP contribution >= 0.6 is 0 Å². The van der Waals surface area contributed by atoms with Gasteiger partial charge in [0.1, 0.15) is 6.61 Å². The van der Waals surface area contributed by atoms with Crippen LogP contribution in [0.1, 0.15) is 136 Å². The number of rotatable bonds is 34. The van der Waals surface area contributed by atoms with E-state index in [1.54, 1.807) is 0 Å². The second-order valence-electron chi connectivity index (χ2n) is 14.2. The Morgan fingerprint density at radius 2 is 1.08 bits per heavy atom. The molecular formula is C44H74NO7+.